The average molecular weight is 313 g/mol. The minimum Gasteiger partial charge on any atom is -0.486 e. The molecule has 6 heteroatoms. The maximum atomic E-state index is 6.36. The number of hydrogen-bond donors (Lipinski definition) is 1. The van der Waals surface area contributed by atoms with Gasteiger partial charge >= 0.3 is 0 Å². The van der Waals surface area contributed by atoms with Gasteiger partial charge in [0.1, 0.15) is 13.2 Å². The molecule has 2 aliphatic heterocycles. The van der Waals surface area contributed by atoms with E-state index in [1.807, 2.05) is 19.2 Å². The maximum Gasteiger partial charge on any atom is 0.179 e. The summed E-state index contributed by atoms with van der Waals surface area (Å²) in [6.07, 6.45) is 0.0902. The first-order valence-corrected chi connectivity index (χ1v) is 7.64. The standard InChI is InChI=1S/C15H21ClN2O3/c1-17-9-13-14(18(2)3-4-19-13)10-7-11(16)15-12(8-10)20-5-6-21-15/h7-8,13-14,17H,3-6,9H2,1-2H3. The average Bonchev–Trinajstić information content (AvgIpc) is 2.48. The number of nitrogens with zero attached hydrogens (tertiary/aromatic N) is 1. The first-order chi connectivity index (χ1) is 10.2. The van der Waals surface area contributed by atoms with Crippen LogP contribution in [0.1, 0.15) is 11.6 Å². The van der Waals surface area contributed by atoms with E-state index >= 15 is 0 Å². The molecule has 2 unspecified atom stereocenters. The van der Waals surface area contributed by atoms with Crippen molar-refractivity contribution in [2.75, 3.05) is 47.0 Å². The van der Waals surface area contributed by atoms with Crippen molar-refractivity contribution in [1.82, 2.24) is 10.2 Å². The zero-order chi connectivity index (χ0) is 14.8. The quantitative estimate of drug-likeness (QED) is 0.920. The summed E-state index contributed by atoms with van der Waals surface area (Å²) in [6, 6.07) is 4.14. The summed E-state index contributed by atoms with van der Waals surface area (Å²) in [7, 11) is 4.05. The van der Waals surface area contributed by atoms with Crippen LogP contribution < -0.4 is 14.8 Å². The molecule has 0 aliphatic carbocycles. The number of rotatable bonds is 3. The molecule has 0 saturated carbocycles. The molecule has 0 bridgehead atoms. The fourth-order valence-electron chi connectivity index (χ4n) is 3.00. The molecule has 2 heterocycles. The maximum absolute atomic E-state index is 6.36. The van der Waals surface area contributed by atoms with Gasteiger partial charge in [0.2, 0.25) is 0 Å². The van der Waals surface area contributed by atoms with E-state index in [1.54, 1.807) is 0 Å². The van der Waals surface area contributed by atoms with Crippen LogP contribution >= 0.6 is 11.6 Å². The molecule has 1 fully saturated rings. The molecule has 116 valence electrons. The first-order valence-electron chi connectivity index (χ1n) is 7.26. The zero-order valence-electron chi connectivity index (χ0n) is 12.4. The summed E-state index contributed by atoms with van der Waals surface area (Å²) in [5.41, 5.74) is 1.10. The molecule has 0 radical (unpaired) electrons. The fourth-order valence-corrected chi connectivity index (χ4v) is 3.28. The highest BCUT2D eigenvalue weighted by Gasteiger charge is 2.32. The number of nitrogens with one attached hydrogen (secondary N) is 1. The van der Waals surface area contributed by atoms with E-state index in [9.17, 15) is 0 Å². The van der Waals surface area contributed by atoms with Gasteiger partial charge in [0.15, 0.2) is 11.5 Å². The van der Waals surface area contributed by atoms with Gasteiger partial charge in [-0.3, -0.25) is 4.90 Å². The van der Waals surface area contributed by atoms with Gasteiger partial charge in [0.25, 0.3) is 0 Å². The lowest BCUT2D eigenvalue weighted by molar-refractivity contribution is -0.0607. The van der Waals surface area contributed by atoms with Crippen molar-refractivity contribution in [3.05, 3.63) is 22.7 Å². The van der Waals surface area contributed by atoms with Crippen LogP contribution in [0.5, 0.6) is 11.5 Å². The molecular weight excluding hydrogens is 292 g/mol. The van der Waals surface area contributed by atoms with Crippen LogP contribution in [0, 0.1) is 0 Å². The molecule has 0 spiro atoms. The summed E-state index contributed by atoms with van der Waals surface area (Å²) in [6.45, 7) is 3.54. The van der Waals surface area contributed by atoms with Crippen LogP contribution in [0.25, 0.3) is 0 Å². The molecule has 2 atom stereocenters. The number of likely N-dealkylation sites (N-methyl/N-ethyl adjacent to an activating group) is 2. The lowest BCUT2D eigenvalue weighted by Crippen LogP contribution is -2.47. The van der Waals surface area contributed by atoms with Crippen LogP contribution in [-0.4, -0.2) is 58.0 Å². The predicted molar refractivity (Wildman–Crippen MR) is 81.5 cm³/mol. The summed E-state index contributed by atoms with van der Waals surface area (Å²) in [5.74, 6) is 1.38. The van der Waals surface area contributed by atoms with E-state index in [2.05, 4.69) is 17.3 Å². The summed E-state index contributed by atoms with van der Waals surface area (Å²) in [4.78, 5) is 2.30. The largest absolute Gasteiger partial charge is 0.486 e. The van der Waals surface area contributed by atoms with Crippen LogP contribution in [0.2, 0.25) is 5.02 Å². The van der Waals surface area contributed by atoms with E-state index in [0.29, 0.717) is 24.0 Å². The van der Waals surface area contributed by atoms with E-state index in [4.69, 9.17) is 25.8 Å². The monoisotopic (exact) mass is 312 g/mol. The van der Waals surface area contributed by atoms with Crippen molar-refractivity contribution in [2.45, 2.75) is 12.1 Å². The second kappa shape index (κ2) is 6.40. The van der Waals surface area contributed by atoms with Gasteiger partial charge in [0, 0.05) is 13.1 Å². The summed E-state index contributed by atoms with van der Waals surface area (Å²) in [5, 5.41) is 3.80. The van der Waals surface area contributed by atoms with Crippen molar-refractivity contribution in [1.29, 1.82) is 0 Å². The van der Waals surface area contributed by atoms with Gasteiger partial charge in [-0.15, -0.1) is 0 Å². The molecule has 1 aromatic carbocycles. The van der Waals surface area contributed by atoms with Gasteiger partial charge < -0.3 is 19.5 Å². The van der Waals surface area contributed by atoms with Crippen LogP contribution in [0.3, 0.4) is 0 Å². The third kappa shape index (κ3) is 2.97. The molecule has 0 aromatic heterocycles. The smallest absolute Gasteiger partial charge is 0.179 e. The first kappa shape index (κ1) is 14.9. The van der Waals surface area contributed by atoms with Crippen LogP contribution in [0.4, 0.5) is 0 Å². The molecule has 5 nitrogen and oxygen atoms in total. The predicted octanol–water partition coefficient (Wildman–Crippen LogP) is 1.70. The second-order valence-corrected chi connectivity index (χ2v) is 5.83. The van der Waals surface area contributed by atoms with Crippen molar-refractivity contribution in [2.24, 2.45) is 0 Å². The van der Waals surface area contributed by atoms with Gasteiger partial charge in [-0.25, -0.2) is 0 Å². The van der Waals surface area contributed by atoms with Crippen LogP contribution in [-0.2, 0) is 4.74 Å². The second-order valence-electron chi connectivity index (χ2n) is 5.42. The van der Waals surface area contributed by atoms with Crippen molar-refractivity contribution < 1.29 is 14.2 Å². The molecule has 3 rings (SSSR count). The number of benzene rings is 1. The van der Waals surface area contributed by atoms with E-state index < -0.39 is 0 Å². The lowest BCUT2D eigenvalue weighted by Gasteiger charge is -2.39. The number of ether oxygens (including phenoxy) is 3. The van der Waals surface area contributed by atoms with Gasteiger partial charge in [-0.05, 0) is 31.8 Å². The van der Waals surface area contributed by atoms with Gasteiger partial charge in [0.05, 0.1) is 23.8 Å². The lowest BCUT2D eigenvalue weighted by atomic mass is 9.97. The third-order valence-electron chi connectivity index (χ3n) is 3.97. The molecular formula is C15H21ClN2O3. The molecule has 21 heavy (non-hydrogen) atoms. The van der Waals surface area contributed by atoms with E-state index in [0.717, 1.165) is 31.0 Å². The Labute approximate surface area is 130 Å². The van der Waals surface area contributed by atoms with E-state index in [1.165, 1.54) is 0 Å². The van der Waals surface area contributed by atoms with Gasteiger partial charge in [-0.2, -0.15) is 0 Å². The number of halogens is 1. The van der Waals surface area contributed by atoms with Crippen molar-refractivity contribution in [3.63, 3.8) is 0 Å². The van der Waals surface area contributed by atoms with Crippen LogP contribution in [0.15, 0.2) is 12.1 Å². The normalized spacial score (nSPS) is 25.9. The Balaban J connectivity index is 1.95. The SMILES string of the molecule is CNCC1OCCN(C)C1c1cc(Cl)c2c(c1)OCCO2. The van der Waals surface area contributed by atoms with Crippen molar-refractivity contribution >= 4 is 11.6 Å². The Bertz CT molecular complexity index is 510. The number of hydrogen-bond acceptors (Lipinski definition) is 5. The zero-order valence-corrected chi connectivity index (χ0v) is 13.2. The third-order valence-corrected chi connectivity index (χ3v) is 4.25. The Morgan fingerprint density at radius 1 is 1.29 bits per heavy atom. The topological polar surface area (TPSA) is 43.0 Å². The molecule has 1 saturated heterocycles. The van der Waals surface area contributed by atoms with Crippen molar-refractivity contribution in [3.8, 4) is 11.5 Å². The number of morpholine rings is 1. The minimum absolute atomic E-state index is 0.0902. The fraction of sp³-hybridized carbons (Fsp3) is 0.600. The highest BCUT2D eigenvalue weighted by atomic mass is 35.5. The summed E-state index contributed by atoms with van der Waals surface area (Å²) < 4.78 is 17.2. The highest BCUT2D eigenvalue weighted by Crippen LogP contribution is 2.41. The number of fused-ring (bicyclic) bond motifs is 1. The molecule has 2 aliphatic rings. The Morgan fingerprint density at radius 2 is 2.10 bits per heavy atom. The Hall–Kier alpha value is -1.01. The Kier molecular flexibility index (Phi) is 4.54. The van der Waals surface area contributed by atoms with Gasteiger partial charge in [-0.1, -0.05) is 11.6 Å². The highest BCUT2D eigenvalue weighted by molar-refractivity contribution is 6.32. The minimum atomic E-state index is 0.0902. The van der Waals surface area contributed by atoms with E-state index in [-0.39, 0.29) is 12.1 Å². The molecule has 0 amide bonds. The summed E-state index contributed by atoms with van der Waals surface area (Å²) >= 11 is 6.36. The Morgan fingerprint density at radius 3 is 2.90 bits per heavy atom. The molecule has 1 N–H and O–H groups in total. The molecule has 1 aromatic rings.